The molecule has 0 atom stereocenters. The second kappa shape index (κ2) is 9.58. The Morgan fingerprint density at radius 3 is 2.48 bits per heavy atom. The molecule has 150 valence electrons. The maximum Gasteiger partial charge on any atom is 0.259 e. The highest BCUT2D eigenvalue weighted by Gasteiger charge is 2.12. The zero-order chi connectivity index (χ0) is 20.8. The fourth-order valence-corrected chi connectivity index (χ4v) is 3.05. The van der Waals surface area contributed by atoms with Gasteiger partial charge in [-0.05, 0) is 43.7 Å². The van der Waals surface area contributed by atoms with E-state index in [9.17, 15) is 4.79 Å². The number of benzene rings is 2. The van der Waals surface area contributed by atoms with Gasteiger partial charge in [-0.3, -0.25) is 4.79 Å². The first-order valence-electron chi connectivity index (χ1n) is 9.02. The minimum Gasteiger partial charge on any atom is -0.376 e. The van der Waals surface area contributed by atoms with E-state index in [0.717, 1.165) is 22.5 Å². The highest BCUT2D eigenvalue weighted by atomic mass is 35.5. The summed E-state index contributed by atoms with van der Waals surface area (Å²) in [5.41, 5.74) is 6.93. The third-order valence-electron chi connectivity index (χ3n) is 4.24. The summed E-state index contributed by atoms with van der Waals surface area (Å²) in [6.07, 6.45) is 1.51. The first kappa shape index (κ1) is 20.9. The lowest BCUT2D eigenvalue weighted by Crippen LogP contribution is -2.25. The predicted molar refractivity (Wildman–Crippen MR) is 118 cm³/mol. The predicted octanol–water partition coefficient (Wildman–Crippen LogP) is 4.42. The SMILES string of the molecule is Cc1ccc(NCC(=O)N/N=C/c2c(C)nn(Cc3ccc(Cl)cc3)c2Cl)cc1. The molecule has 3 aromatic rings. The monoisotopic (exact) mass is 429 g/mol. The van der Waals surface area contributed by atoms with E-state index in [2.05, 4.69) is 20.9 Å². The van der Waals surface area contributed by atoms with Gasteiger partial charge < -0.3 is 5.32 Å². The van der Waals surface area contributed by atoms with Gasteiger partial charge in [-0.25, -0.2) is 10.1 Å². The maximum atomic E-state index is 12.0. The van der Waals surface area contributed by atoms with Gasteiger partial charge in [0.25, 0.3) is 5.91 Å². The average Bonchev–Trinajstić information content (AvgIpc) is 2.96. The number of nitrogens with zero attached hydrogens (tertiary/aromatic N) is 3. The average molecular weight is 430 g/mol. The molecule has 0 radical (unpaired) electrons. The second-order valence-corrected chi connectivity index (χ2v) is 7.38. The van der Waals surface area contributed by atoms with Crippen molar-refractivity contribution in [1.29, 1.82) is 0 Å². The van der Waals surface area contributed by atoms with Crippen LogP contribution in [0.25, 0.3) is 0 Å². The van der Waals surface area contributed by atoms with E-state index in [4.69, 9.17) is 23.2 Å². The summed E-state index contributed by atoms with van der Waals surface area (Å²) in [5, 5.41) is 12.6. The highest BCUT2D eigenvalue weighted by molar-refractivity contribution is 6.32. The Bertz CT molecular complexity index is 1010. The Morgan fingerprint density at radius 2 is 1.79 bits per heavy atom. The summed E-state index contributed by atoms with van der Waals surface area (Å²) in [7, 11) is 0. The third kappa shape index (κ3) is 5.82. The minimum absolute atomic E-state index is 0.114. The topological polar surface area (TPSA) is 71.3 Å². The molecule has 0 aliphatic rings. The van der Waals surface area contributed by atoms with Gasteiger partial charge in [0, 0.05) is 10.7 Å². The number of halogens is 2. The van der Waals surface area contributed by atoms with Crippen molar-refractivity contribution in [1.82, 2.24) is 15.2 Å². The number of rotatable bonds is 7. The van der Waals surface area contributed by atoms with Crippen LogP contribution < -0.4 is 10.7 Å². The van der Waals surface area contributed by atoms with Gasteiger partial charge in [-0.1, -0.05) is 53.0 Å². The molecule has 0 fully saturated rings. The van der Waals surface area contributed by atoms with Crippen LogP contribution in [0.2, 0.25) is 10.2 Å². The van der Waals surface area contributed by atoms with Crippen molar-refractivity contribution in [2.45, 2.75) is 20.4 Å². The Morgan fingerprint density at radius 1 is 1.10 bits per heavy atom. The Hall–Kier alpha value is -2.83. The summed E-state index contributed by atoms with van der Waals surface area (Å²) in [5.74, 6) is -0.260. The van der Waals surface area contributed by atoms with Gasteiger partial charge >= 0.3 is 0 Å². The van der Waals surface area contributed by atoms with Crippen molar-refractivity contribution >= 4 is 41.0 Å². The van der Waals surface area contributed by atoms with E-state index >= 15 is 0 Å². The molecule has 0 saturated heterocycles. The fourth-order valence-electron chi connectivity index (χ4n) is 2.64. The molecule has 0 unspecified atom stereocenters. The number of aryl methyl sites for hydroxylation is 2. The summed E-state index contributed by atoms with van der Waals surface area (Å²) in [4.78, 5) is 12.0. The van der Waals surface area contributed by atoms with E-state index in [-0.39, 0.29) is 12.5 Å². The molecule has 0 aliphatic carbocycles. The minimum atomic E-state index is -0.260. The van der Waals surface area contributed by atoms with E-state index in [1.54, 1.807) is 4.68 Å². The van der Waals surface area contributed by atoms with Crippen LogP contribution in [0, 0.1) is 13.8 Å². The molecule has 2 N–H and O–H groups in total. The molecule has 0 bridgehead atoms. The molecule has 1 aromatic heterocycles. The number of carbonyl (C=O) groups excluding carboxylic acids is 1. The molecule has 2 aromatic carbocycles. The van der Waals surface area contributed by atoms with Gasteiger partial charge in [0.05, 0.1) is 30.6 Å². The molecule has 1 heterocycles. The molecular formula is C21H21Cl2N5O. The largest absolute Gasteiger partial charge is 0.376 e. The number of amides is 1. The first-order chi connectivity index (χ1) is 13.9. The Kier molecular flexibility index (Phi) is 6.90. The molecule has 6 nitrogen and oxygen atoms in total. The number of anilines is 1. The van der Waals surface area contributed by atoms with E-state index < -0.39 is 0 Å². The summed E-state index contributed by atoms with van der Waals surface area (Å²) in [6.45, 7) is 4.47. The number of hydrogen-bond acceptors (Lipinski definition) is 4. The van der Waals surface area contributed by atoms with Crippen molar-refractivity contribution in [3.63, 3.8) is 0 Å². The van der Waals surface area contributed by atoms with Crippen LogP contribution in [-0.4, -0.2) is 28.4 Å². The summed E-state index contributed by atoms with van der Waals surface area (Å²) in [6, 6.07) is 15.3. The zero-order valence-electron chi connectivity index (χ0n) is 16.1. The maximum absolute atomic E-state index is 12.0. The Labute approximate surface area is 179 Å². The second-order valence-electron chi connectivity index (χ2n) is 6.59. The van der Waals surface area contributed by atoms with Crippen molar-refractivity contribution < 1.29 is 4.79 Å². The first-order valence-corrected chi connectivity index (χ1v) is 9.78. The number of hydrogen-bond donors (Lipinski definition) is 2. The summed E-state index contributed by atoms with van der Waals surface area (Å²) >= 11 is 12.4. The van der Waals surface area contributed by atoms with Crippen LogP contribution in [0.15, 0.2) is 53.6 Å². The van der Waals surface area contributed by atoms with E-state index in [1.807, 2.05) is 62.4 Å². The molecule has 29 heavy (non-hydrogen) atoms. The molecule has 0 spiro atoms. The smallest absolute Gasteiger partial charge is 0.259 e. The molecule has 3 rings (SSSR count). The number of nitrogens with one attached hydrogen (secondary N) is 2. The quantitative estimate of drug-likeness (QED) is 0.431. The van der Waals surface area contributed by atoms with Gasteiger partial charge in [0.2, 0.25) is 0 Å². The van der Waals surface area contributed by atoms with Crippen molar-refractivity contribution in [2.24, 2.45) is 5.10 Å². The van der Waals surface area contributed by atoms with Gasteiger partial charge in [-0.2, -0.15) is 10.2 Å². The van der Waals surface area contributed by atoms with Crippen LogP contribution in [0.4, 0.5) is 5.69 Å². The fraction of sp³-hybridized carbons (Fsp3) is 0.190. The lowest BCUT2D eigenvalue weighted by Gasteiger charge is -2.05. The third-order valence-corrected chi connectivity index (χ3v) is 4.89. The van der Waals surface area contributed by atoms with Gasteiger partial charge in [0.15, 0.2) is 0 Å². The standard InChI is InChI=1S/C21H21Cl2N5O/c1-14-3-9-18(10-4-14)24-12-20(29)26-25-11-19-15(2)27-28(21(19)23)13-16-5-7-17(22)8-6-16/h3-11,24H,12-13H2,1-2H3,(H,26,29)/b25-11+. The van der Waals surface area contributed by atoms with Crippen molar-refractivity contribution in [2.75, 3.05) is 11.9 Å². The number of carbonyl (C=O) groups is 1. The molecule has 0 aliphatic heterocycles. The number of hydrazone groups is 1. The van der Waals surface area contributed by atoms with Crippen LogP contribution in [0.3, 0.4) is 0 Å². The zero-order valence-corrected chi connectivity index (χ0v) is 17.6. The van der Waals surface area contributed by atoms with Gasteiger partial charge in [0.1, 0.15) is 5.15 Å². The lowest BCUT2D eigenvalue weighted by atomic mass is 10.2. The lowest BCUT2D eigenvalue weighted by molar-refractivity contribution is -0.119. The number of aromatic nitrogens is 2. The normalized spacial score (nSPS) is 11.0. The van der Waals surface area contributed by atoms with Crippen LogP contribution >= 0.6 is 23.2 Å². The summed E-state index contributed by atoms with van der Waals surface area (Å²) < 4.78 is 1.68. The molecule has 8 heteroatoms. The van der Waals surface area contributed by atoms with Crippen LogP contribution in [-0.2, 0) is 11.3 Å². The van der Waals surface area contributed by atoms with E-state index in [0.29, 0.717) is 22.3 Å². The molecular weight excluding hydrogens is 409 g/mol. The van der Waals surface area contributed by atoms with Gasteiger partial charge in [-0.15, -0.1) is 0 Å². The van der Waals surface area contributed by atoms with Crippen LogP contribution in [0.1, 0.15) is 22.4 Å². The molecule has 0 saturated carbocycles. The highest BCUT2D eigenvalue weighted by Crippen LogP contribution is 2.20. The van der Waals surface area contributed by atoms with Crippen molar-refractivity contribution in [3.8, 4) is 0 Å². The Balaban J connectivity index is 1.57. The van der Waals surface area contributed by atoms with Crippen LogP contribution in [0.5, 0.6) is 0 Å². The molecule has 1 amide bonds. The van der Waals surface area contributed by atoms with E-state index in [1.165, 1.54) is 6.21 Å². The van der Waals surface area contributed by atoms with Crippen molar-refractivity contribution in [3.05, 3.63) is 81.1 Å².